The van der Waals surface area contributed by atoms with Gasteiger partial charge in [-0.25, -0.2) is 4.79 Å². The normalized spacial score (nSPS) is 35.9. The van der Waals surface area contributed by atoms with Gasteiger partial charge in [-0.05, 0) is 43.4 Å². The van der Waals surface area contributed by atoms with Crippen LogP contribution in [0.25, 0.3) is 0 Å². The quantitative estimate of drug-likeness (QED) is 0.776. The van der Waals surface area contributed by atoms with Crippen LogP contribution < -0.4 is 11.1 Å². The second-order valence-corrected chi connectivity index (χ2v) is 6.69. The maximum absolute atomic E-state index is 12.1. The van der Waals surface area contributed by atoms with Crippen molar-refractivity contribution in [1.29, 1.82) is 0 Å². The number of carbonyl (C=O) groups is 3. The van der Waals surface area contributed by atoms with Gasteiger partial charge in [-0.1, -0.05) is 6.92 Å². The number of nitrogens with two attached hydrogens (primary N) is 1. The highest BCUT2D eigenvalue weighted by Gasteiger charge is 2.54. The van der Waals surface area contributed by atoms with E-state index in [9.17, 15) is 14.4 Å². The number of hydrogen-bond donors (Lipinski definition) is 2. The Kier molecular flexibility index (Phi) is 3.97. The molecule has 2 aliphatic carbocycles. The number of nitrogens with one attached hydrogen (secondary N) is 1. The van der Waals surface area contributed by atoms with Crippen molar-refractivity contribution in [2.24, 2.45) is 23.5 Å². The average molecular weight is 309 g/mol. The number of amides is 3. The van der Waals surface area contributed by atoms with E-state index in [1.165, 1.54) is 4.90 Å². The molecule has 7 heteroatoms. The Morgan fingerprint density at radius 2 is 1.95 bits per heavy atom. The molecule has 1 heterocycles. The van der Waals surface area contributed by atoms with Crippen molar-refractivity contribution in [1.82, 2.24) is 10.2 Å². The van der Waals surface area contributed by atoms with Crippen LogP contribution in [-0.4, -0.2) is 48.0 Å². The molecule has 2 saturated carbocycles. The van der Waals surface area contributed by atoms with E-state index in [0.717, 1.165) is 25.2 Å². The third-order valence-corrected chi connectivity index (χ3v) is 5.39. The monoisotopic (exact) mass is 309 g/mol. The fourth-order valence-electron chi connectivity index (χ4n) is 4.02. The van der Waals surface area contributed by atoms with Gasteiger partial charge in [0, 0.05) is 6.54 Å². The van der Waals surface area contributed by atoms with Crippen molar-refractivity contribution in [3.05, 3.63) is 0 Å². The van der Waals surface area contributed by atoms with Gasteiger partial charge in [0.05, 0.1) is 0 Å². The number of primary amides is 1. The van der Waals surface area contributed by atoms with E-state index in [2.05, 4.69) is 12.2 Å². The van der Waals surface area contributed by atoms with Gasteiger partial charge in [0.2, 0.25) is 11.8 Å². The summed E-state index contributed by atoms with van der Waals surface area (Å²) in [4.78, 5) is 36.5. The maximum atomic E-state index is 12.1. The molecular formula is C15H23N3O4. The summed E-state index contributed by atoms with van der Waals surface area (Å²) in [5, 5.41) is 2.48. The first-order chi connectivity index (χ1) is 10.5. The number of ether oxygens (including phenoxy) is 1. The average Bonchev–Trinajstić information content (AvgIpc) is 2.94. The Bertz CT molecular complexity index is 483. The SMILES string of the molecule is CC1[C@H]2CC(OC(=O)NCC(=O)N3CCC[C@H]3C(N)=O)C[C@@H]12. The standard InChI is InChI=1S/C15H23N3O4/c1-8-10-5-9(6-11(8)10)22-15(21)17-7-13(19)18-4-2-3-12(18)14(16)20/h8-12H,2-7H2,1H3,(H2,16,20)(H,17,21)/t8?,9?,10-,11+,12-/m0/s1. The van der Waals surface area contributed by atoms with E-state index in [-0.39, 0.29) is 18.6 Å². The molecule has 2 unspecified atom stereocenters. The molecule has 5 atom stereocenters. The zero-order chi connectivity index (χ0) is 15.9. The molecule has 0 radical (unpaired) electrons. The summed E-state index contributed by atoms with van der Waals surface area (Å²) in [7, 11) is 0. The number of fused-ring (bicyclic) bond motifs is 1. The Labute approximate surface area is 129 Å². The summed E-state index contributed by atoms with van der Waals surface area (Å²) < 4.78 is 5.34. The van der Waals surface area contributed by atoms with Crippen LogP contribution in [0.1, 0.15) is 32.6 Å². The fourth-order valence-corrected chi connectivity index (χ4v) is 4.02. The molecule has 3 fully saturated rings. The second-order valence-electron chi connectivity index (χ2n) is 6.69. The van der Waals surface area contributed by atoms with Gasteiger partial charge in [-0.2, -0.15) is 0 Å². The molecular weight excluding hydrogens is 286 g/mol. The van der Waals surface area contributed by atoms with Crippen LogP contribution in [0, 0.1) is 17.8 Å². The molecule has 22 heavy (non-hydrogen) atoms. The Hall–Kier alpha value is -1.79. The van der Waals surface area contributed by atoms with Crippen LogP contribution in [0.4, 0.5) is 4.79 Å². The summed E-state index contributed by atoms with van der Waals surface area (Å²) in [6.07, 6.45) is 2.64. The third-order valence-electron chi connectivity index (χ3n) is 5.39. The minimum Gasteiger partial charge on any atom is -0.446 e. The summed E-state index contributed by atoms with van der Waals surface area (Å²) in [6, 6.07) is -0.547. The van der Waals surface area contributed by atoms with Gasteiger partial charge >= 0.3 is 6.09 Å². The zero-order valence-corrected chi connectivity index (χ0v) is 12.8. The molecule has 0 aromatic heterocycles. The van der Waals surface area contributed by atoms with E-state index in [0.29, 0.717) is 24.8 Å². The number of hydrogen-bond acceptors (Lipinski definition) is 4. The molecule has 0 aromatic carbocycles. The highest BCUT2D eigenvalue weighted by Crippen LogP contribution is 2.57. The lowest BCUT2D eigenvalue weighted by atomic mass is 10.1. The lowest BCUT2D eigenvalue weighted by molar-refractivity contribution is -0.136. The predicted octanol–water partition coefficient (Wildman–Crippen LogP) is 0.233. The Balaban J connectivity index is 1.39. The van der Waals surface area contributed by atoms with Gasteiger partial charge in [0.15, 0.2) is 0 Å². The van der Waals surface area contributed by atoms with Crippen LogP contribution >= 0.6 is 0 Å². The van der Waals surface area contributed by atoms with Crippen molar-refractivity contribution in [2.45, 2.75) is 44.8 Å². The molecule has 0 aromatic rings. The van der Waals surface area contributed by atoms with Gasteiger partial charge in [-0.15, -0.1) is 0 Å². The first-order valence-electron chi connectivity index (χ1n) is 8.00. The van der Waals surface area contributed by atoms with Crippen molar-refractivity contribution >= 4 is 17.9 Å². The summed E-state index contributed by atoms with van der Waals surface area (Å²) >= 11 is 0. The number of rotatable bonds is 4. The van der Waals surface area contributed by atoms with Crippen LogP contribution in [-0.2, 0) is 14.3 Å². The van der Waals surface area contributed by atoms with E-state index in [1.807, 2.05) is 0 Å². The van der Waals surface area contributed by atoms with E-state index in [1.54, 1.807) is 0 Å². The van der Waals surface area contributed by atoms with E-state index < -0.39 is 18.0 Å². The van der Waals surface area contributed by atoms with Crippen LogP contribution in [0.2, 0.25) is 0 Å². The van der Waals surface area contributed by atoms with Crippen LogP contribution in [0.15, 0.2) is 0 Å². The van der Waals surface area contributed by atoms with Crippen LogP contribution in [0.3, 0.4) is 0 Å². The molecule has 3 amide bonds. The van der Waals surface area contributed by atoms with Gasteiger partial charge < -0.3 is 20.7 Å². The Morgan fingerprint density at radius 1 is 1.27 bits per heavy atom. The second kappa shape index (κ2) is 5.78. The van der Waals surface area contributed by atoms with Crippen molar-refractivity contribution < 1.29 is 19.1 Å². The maximum Gasteiger partial charge on any atom is 0.407 e. The highest BCUT2D eigenvalue weighted by atomic mass is 16.6. The number of nitrogens with zero attached hydrogens (tertiary/aromatic N) is 1. The molecule has 3 N–H and O–H groups in total. The molecule has 3 rings (SSSR count). The fraction of sp³-hybridized carbons (Fsp3) is 0.800. The topological polar surface area (TPSA) is 102 Å². The van der Waals surface area contributed by atoms with Gasteiger partial charge in [0.25, 0.3) is 0 Å². The molecule has 1 aliphatic heterocycles. The highest BCUT2D eigenvalue weighted by molar-refractivity contribution is 5.89. The van der Waals surface area contributed by atoms with E-state index in [4.69, 9.17) is 10.5 Å². The molecule has 7 nitrogen and oxygen atoms in total. The number of alkyl carbamates (subject to hydrolysis) is 1. The minimum atomic E-state index is -0.554. The molecule has 1 saturated heterocycles. The summed E-state index contributed by atoms with van der Waals surface area (Å²) in [5.41, 5.74) is 5.27. The first kappa shape index (κ1) is 15.1. The van der Waals surface area contributed by atoms with Crippen molar-refractivity contribution in [3.63, 3.8) is 0 Å². The molecule has 0 bridgehead atoms. The zero-order valence-electron chi connectivity index (χ0n) is 12.8. The van der Waals surface area contributed by atoms with Gasteiger partial charge in [-0.3, -0.25) is 9.59 Å². The van der Waals surface area contributed by atoms with Crippen molar-refractivity contribution in [3.8, 4) is 0 Å². The summed E-state index contributed by atoms with van der Waals surface area (Å²) in [6.45, 7) is 2.58. The predicted molar refractivity (Wildman–Crippen MR) is 77.6 cm³/mol. The Morgan fingerprint density at radius 3 is 2.59 bits per heavy atom. The number of carbonyl (C=O) groups excluding carboxylic acids is 3. The lowest BCUT2D eigenvalue weighted by Gasteiger charge is -2.22. The number of likely N-dealkylation sites (tertiary alicyclic amines) is 1. The largest absolute Gasteiger partial charge is 0.446 e. The first-order valence-corrected chi connectivity index (χ1v) is 8.00. The molecule has 3 aliphatic rings. The minimum absolute atomic E-state index is 0.0218. The van der Waals surface area contributed by atoms with Crippen molar-refractivity contribution in [2.75, 3.05) is 13.1 Å². The molecule has 0 spiro atoms. The van der Waals surface area contributed by atoms with Gasteiger partial charge in [0.1, 0.15) is 18.7 Å². The smallest absolute Gasteiger partial charge is 0.407 e. The van der Waals surface area contributed by atoms with E-state index >= 15 is 0 Å². The van der Waals surface area contributed by atoms with Crippen LogP contribution in [0.5, 0.6) is 0 Å². The third kappa shape index (κ3) is 2.89. The lowest BCUT2D eigenvalue weighted by Crippen LogP contribution is -2.47. The summed E-state index contributed by atoms with van der Waals surface area (Å²) in [5.74, 6) is 1.40. The molecule has 122 valence electrons.